The van der Waals surface area contributed by atoms with Gasteiger partial charge in [-0.25, -0.2) is 4.79 Å². The number of amides is 1. The maximum atomic E-state index is 12.4. The molecule has 0 saturated carbocycles. The van der Waals surface area contributed by atoms with Gasteiger partial charge >= 0.3 is 5.97 Å². The molecule has 4 nitrogen and oxygen atoms in total. The number of carboxylic acids is 1. The van der Waals surface area contributed by atoms with Gasteiger partial charge in [-0.2, -0.15) is 0 Å². The summed E-state index contributed by atoms with van der Waals surface area (Å²) in [6.45, 7) is 9.45. The molecule has 1 amide bonds. The van der Waals surface area contributed by atoms with Crippen molar-refractivity contribution in [3.05, 3.63) is 34.4 Å². The fourth-order valence-electron chi connectivity index (χ4n) is 2.43. The number of aryl methyl sites for hydroxylation is 3. The summed E-state index contributed by atoms with van der Waals surface area (Å²) < 4.78 is 0. The van der Waals surface area contributed by atoms with Crippen LogP contribution in [0.15, 0.2) is 12.1 Å². The number of nitrogens with one attached hydrogen (secondary N) is 1. The summed E-state index contributed by atoms with van der Waals surface area (Å²) in [6, 6.07) is 3.01. The molecule has 2 atom stereocenters. The molecule has 0 bridgehead atoms. The molecule has 0 aromatic heterocycles. The average Bonchev–Trinajstić information content (AvgIpc) is 2.33. The number of carbonyl (C=O) groups excluding carboxylic acids is 1. The van der Waals surface area contributed by atoms with Crippen molar-refractivity contribution in [2.24, 2.45) is 5.92 Å². The predicted molar refractivity (Wildman–Crippen MR) is 79.0 cm³/mol. The van der Waals surface area contributed by atoms with Gasteiger partial charge < -0.3 is 10.4 Å². The van der Waals surface area contributed by atoms with Crippen molar-refractivity contribution in [1.29, 1.82) is 0 Å². The molecule has 0 fully saturated rings. The molecule has 110 valence electrons. The van der Waals surface area contributed by atoms with Crippen LogP contribution in [0.3, 0.4) is 0 Å². The van der Waals surface area contributed by atoms with E-state index in [2.05, 4.69) is 5.32 Å². The molecule has 0 aliphatic carbocycles. The van der Waals surface area contributed by atoms with Gasteiger partial charge in [-0.3, -0.25) is 4.79 Å². The summed E-state index contributed by atoms with van der Waals surface area (Å²) >= 11 is 0. The molecule has 0 aliphatic rings. The molecule has 0 spiro atoms. The molecule has 0 unspecified atom stereocenters. The maximum absolute atomic E-state index is 12.4. The van der Waals surface area contributed by atoms with Crippen molar-refractivity contribution in [3.8, 4) is 0 Å². The topological polar surface area (TPSA) is 66.4 Å². The van der Waals surface area contributed by atoms with E-state index in [0.717, 1.165) is 16.7 Å². The van der Waals surface area contributed by atoms with E-state index in [4.69, 9.17) is 0 Å². The van der Waals surface area contributed by atoms with E-state index in [9.17, 15) is 14.7 Å². The molecule has 1 rings (SSSR count). The SMILES string of the molecule is CC[C@H](C)[C@H](NC(=O)c1c(C)cc(C)cc1C)C(=O)O. The van der Waals surface area contributed by atoms with Crippen LogP contribution in [0.5, 0.6) is 0 Å². The largest absolute Gasteiger partial charge is 0.480 e. The van der Waals surface area contributed by atoms with E-state index in [1.165, 1.54) is 0 Å². The highest BCUT2D eigenvalue weighted by atomic mass is 16.4. The van der Waals surface area contributed by atoms with Gasteiger partial charge in [0.15, 0.2) is 0 Å². The first-order valence-electron chi connectivity index (χ1n) is 6.89. The molecule has 1 aromatic carbocycles. The zero-order valence-electron chi connectivity index (χ0n) is 12.8. The fourth-order valence-corrected chi connectivity index (χ4v) is 2.43. The molecule has 20 heavy (non-hydrogen) atoms. The summed E-state index contributed by atoms with van der Waals surface area (Å²) in [6.07, 6.45) is 0.698. The summed E-state index contributed by atoms with van der Waals surface area (Å²) in [5.41, 5.74) is 3.40. The number of carboxylic acid groups (broad SMARTS) is 1. The quantitative estimate of drug-likeness (QED) is 0.869. The van der Waals surface area contributed by atoms with Crippen LogP contribution in [-0.2, 0) is 4.79 Å². The van der Waals surface area contributed by atoms with E-state index in [1.807, 2.05) is 46.8 Å². The number of carbonyl (C=O) groups is 2. The van der Waals surface area contributed by atoms with Gasteiger partial charge in [0.25, 0.3) is 5.91 Å². The molecular formula is C16H23NO3. The lowest BCUT2D eigenvalue weighted by Gasteiger charge is -2.21. The molecule has 0 aliphatic heterocycles. The maximum Gasteiger partial charge on any atom is 0.326 e. The second-order valence-corrected chi connectivity index (χ2v) is 5.45. The number of hydrogen-bond acceptors (Lipinski definition) is 2. The van der Waals surface area contributed by atoms with Crippen LogP contribution in [0.2, 0.25) is 0 Å². The van der Waals surface area contributed by atoms with E-state index in [1.54, 1.807) is 0 Å². The zero-order chi connectivity index (χ0) is 15.4. The Balaban J connectivity index is 3.04. The van der Waals surface area contributed by atoms with Gasteiger partial charge in [-0.05, 0) is 37.8 Å². The Bertz CT molecular complexity index is 499. The van der Waals surface area contributed by atoms with Gasteiger partial charge in [0.05, 0.1) is 0 Å². The van der Waals surface area contributed by atoms with Crippen LogP contribution >= 0.6 is 0 Å². The smallest absolute Gasteiger partial charge is 0.326 e. The van der Waals surface area contributed by atoms with Crippen LogP contribution in [0.25, 0.3) is 0 Å². The number of aliphatic carboxylic acids is 1. The van der Waals surface area contributed by atoms with Crippen LogP contribution in [0.4, 0.5) is 0 Å². The first kappa shape index (κ1) is 16.2. The summed E-state index contributed by atoms with van der Waals surface area (Å²) in [7, 11) is 0. The molecule has 0 radical (unpaired) electrons. The van der Waals surface area contributed by atoms with Crippen molar-refractivity contribution in [1.82, 2.24) is 5.32 Å². The summed E-state index contributed by atoms with van der Waals surface area (Å²) in [5.74, 6) is -1.41. The molecule has 0 heterocycles. The van der Waals surface area contributed by atoms with Crippen LogP contribution in [-0.4, -0.2) is 23.0 Å². The lowest BCUT2D eigenvalue weighted by atomic mass is 9.96. The Morgan fingerprint density at radius 3 is 2.10 bits per heavy atom. The van der Waals surface area contributed by atoms with Gasteiger partial charge in [-0.1, -0.05) is 38.0 Å². The Hall–Kier alpha value is -1.84. The molecule has 0 saturated heterocycles. The van der Waals surface area contributed by atoms with Crippen molar-refractivity contribution >= 4 is 11.9 Å². The second kappa shape index (κ2) is 6.55. The third kappa shape index (κ3) is 3.59. The number of hydrogen-bond donors (Lipinski definition) is 2. The normalized spacial score (nSPS) is 13.7. The van der Waals surface area contributed by atoms with E-state index in [0.29, 0.717) is 12.0 Å². The minimum absolute atomic E-state index is 0.109. The van der Waals surface area contributed by atoms with Crippen molar-refractivity contribution < 1.29 is 14.7 Å². The Kier molecular flexibility index (Phi) is 5.31. The molecule has 2 N–H and O–H groups in total. The predicted octanol–water partition coefficient (Wildman–Crippen LogP) is 2.84. The van der Waals surface area contributed by atoms with Crippen molar-refractivity contribution in [3.63, 3.8) is 0 Å². The Labute approximate surface area is 120 Å². The number of benzene rings is 1. The van der Waals surface area contributed by atoms with Gasteiger partial charge in [0, 0.05) is 5.56 Å². The van der Waals surface area contributed by atoms with Crippen molar-refractivity contribution in [2.75, 3.05) is 0 Å². The molecule has 1 aromatic rings. The monoisotopic (exact) mass is 277 g/mol. The Morgan fingerprint density at radius 2 is 1.70 bits per heavy atom. The fraction of sp³-hybridized carbons (Fsp3) is 0.500. The molecule has 4 heteroatoms. The van der Waals surface area contributed by atoms with E-state index >= 15 is 0 Å². The minimum Gasteiger partial charge on any atom is -0.480 e. The Morgan fingerprint density at radius 1 is 1.20 bits per heavy atom. The lowest BCUT2D eigenvalue weighted by Crippen LogP contribution is -2.45. The molecular weight excluding hydrogens is 254 g/mol. The highest BCUT2D eigenvalue weighted by Gasteiger charge is 2.26. The third-order valence-electron chi connectivity index (χ3n) is 3.67. The third-order valence-corrected chi connectivity index (χ3v) is 3.67. The lowest BCUT2D eigenvalue weighted by molar-refractivity contribution is -0.140. The number of rotatable bonds is 5. The highest BCUT2D eigenvalue weighted by molar-refractivity contribution is 5.99. The van der Waals surface area contributed by atoms with Gasteiger partial charge in [0.2, 0.25) is 0 Å². The second-order valence-electron chi connectivity index (χ2n) is 5.45. The first-order valence-corrected chi connectivity index (χ1v) is 6.89. The van der Waals surface area contributed by atoms with Crippen LogP contribution in [0, 0.1) is 26.7 Å². The summed E-state index contributed by atoms with van der Waals surface area (Å²) in [4.78, 5) is 23.6. The van der Waals surface area contributed by atoms with E-state index < -0.39 is 12.0 Å². The standard InChI is InChI=1S/C16H23NO3/c1-6-10(3)14(16(19)20)17-15(18)13-11(4)7-9(2)8-12(13)5/h7-8,10,14H,6H2,1-5H3,(H,17,18)(H,19,20)/t10-,14-/m0/s1. The average molecular weight is 277 g/mol. The highest BCUT2D eigenvalue weighted by Crippen LogP contribution is 2.17. The zero-order valence-corrected chi connectivity index (χ0v) is 12.8. The summed E-state index contributed by atoms with van der Waals surface area (Å²) in [5, 5.41) is 11.9. The minimum atomic E-state index is -0.991. The van der Waals surface area contributed by atoms with E-state index in [-0.39, 0.29) is 11.8 Å². The van der Waals surface area contributed by atoms with Crippen LogP contribution < -0.4 is 5.32 Å². The first-order chi connectivity index (χ1) is 9.27. The van der Waals surface area contributed by atoms with Gasteiger partial charge in [0.1, 0.15) is 6.04 Å². The van der Waals surface area contributed by atoms with Gasteiger partial charge in [-0.15, -0.1) is 0 Å². The van der Waals surface area contributed by atoms with Crippen LogP contribution in [0.1, 0.15) is 47.3 Å². The van der Waals surface area contributed by atoms with Crippen molar-refractivity contribution in [2.45, 2.75) is 47.1 Å².